The average Bonchev–Trinajstić information content (AvgIpc) is 3.35. The van der Waals surface area contributed by atoms with E-state index < -0.39 is 11.4 Å². The summed E-state index contributed by atoms with van der Waals surface area (Å²) in [6.07, 6.45) is 5.25. The molecule has 0 bridgehead atoms. The van der Waals surface area contributed by atoms with Crippen LogP contribution in [-0.2, 0) is 0 Å². The predicted octanol–water partition coefficient (Wildman–Crippen LogP) is 3.37. The molecule has 152 valence electrons. The zero-order chi connectivity index (χ0) is 20.8. The lowest BCUT2D eigenvalue weighted by Crippen LogP contribution is -2.29. The molecular formula is C20H21BrFN5O2. The van der Waals surface area contributed by atoms with E-state index in [1.807, 2.05) is 0 Å². The van der Waals surface area contributed by atoms with Crippen LogP contribution < -0.4 is 10.6 Å². The molecule has 1 aromatic carbocycles. The molecule has 0 saturated heterocycles. The van der Waals surface area contributed by atoms with E-state index in [0.29, 0.717) is 27.3 Å². The highest BCUT2D eigenvalue weighted by atomic mass is 79.9. The first-order valence-corrected chi connectivity index (χ1v) is 10.1. The van der Waals surface area contributed by atoms with E-state index in [9.17, 15) is 14.3 Å². The Hall–Kier alpha value is -2.52. The lowest BCUT2D eigenvalue weighted by Gasteiger charge is -2.18. The van der Waals surface area contributed by atoms with Crippen molar-refractivity contribution < 1.29 is 14.3 Å². The van der Waals surface area contributed by atoms with Crippen LogP contribution in [0.5, 0.6) is 0 Å². The van der Waals surface area contributed by atoms with Gasteiger partial charge in [-0.2, -0.15) is 0 Å². The number of imidazole rings is 1. The summed E-state index contributed by atoms with van der Waals surface area (Å²) in [6.45, 7) is 3.67. The van der Waals surface area contributed by atoms with Crippen LogP contribution in [0.15, 0.2) is 35.2 Å². The average molecular weight is 462 g/mol. The fourth-order valence-electron chi connectivity index (χ4n) is 2.94. The van der Waals surface area contributed by atoms with Gasteiger partial charge < -0.3 is 15.7 Å². The number of carbonyl (C=O) groups is 1. The third-order valence-corrected chi connectivity index (χ3v) is 4.96. The second-order valence-corrected chi connectivity index (χ2v) is 8.67. The lowest BCUT2D eigenvalue weighted by atomic mass is 10.1. The summed E-state index contributed by atoms with van der Waals surface area (Å²) in [5, 5.41) is 15.8. The zero-order valence-corrected chi connectivity index (χ0v) is 17.6. The highest BCUT2D eigenvalue weighted by Crippen LogP contribution is 2.28. The van der Waals surface area contributed by atoms with Crippen molar-refractivity contribution in [1.82, 2.24) is 19.7 Å². The van der Waals surface area contributed by atoms with Crippen LogP contribution in [0, 0.1) is 5.82 Å². The van der Waals surface area contributed by atoms with Gasteiger partial charge in [-0.3, -0.25) is 9.20 Å². The van der Waals surface area contributed by atoms with Crippen LogP contribution in [0.4, 0.5) is 10.2 Å². The van der Waals surface area contributed by atoms with E-state index in [2.05, 4.69) is 36.5 Å². The first-order valence-electron chi connectivity index (χ1n) is 9.32. The molecule has 1 aliphatic carbocycles. The smallest absolute Gasteiger partial charge is 0.254 e. The molecule has 0 atom stereocenters. The summed E-state index contributed by atoms with van der Waals surface area (Å²) >= 11 is 3.38. The molecule has 2 heterocycles. The van der Waals surface area contributed by atoms with Gasteiger partial charge in [-0.25, -0.2) is 14.4 Å². The van der Waals surface area contributed by atoms with Gasteiger partial charge in [-0.05, 0) is 54.8 Å². The van der Waals surface area contributed by atoms with Crippen LogP contribution in [0.25, 0.3) is 16.9 Å². The van der Waals surface area contributed by atoms with E-state index in [0.717, 1.165) is 12.8 Å². The largest absolute Gasteiger partial charge is 0.389 e. The van der Waals surface area contributed by atoms with Crippen molar-refractivity contribution in [3.8, 4) is 11.3 Å². The van der Waals surface area contributed by atoms with Gasteiger partial charge in [0.15, 0.2) is 11.5 Å². The Morgan fingerprint density at radius 1 is 1.41 bits per heavy atom. The van der Waals surface area contributed by atoms with Crippen molar-refractivity contribution >= 4 is 33.3 Å². The van der Waals surface area contributed by atoms with Crippen molar-refractivity contribution in [3.05, 3.63) is 46.6 Å². The monoisotopic (exact) mass is 461 g/mol. The summed E-state index contributed by atoms with van der Waals surface area (Å²) in [5.74, 6) is -0.475. The van der Waals surface area contributed by atoms with Crippen LogP contribution in [-0.4, -0.2) is 43.6 Å². The van der Waals surface area contributed by atoms with Gasteiger partial charge >= 0.3 is 0 Å². The Morgan fingerprint density at radius 2 is 2.17 bits per heavy atom. The van der Waals surface area contributed by atoms with Crippen molar-refractivity contribution in [1.29, 1.82) is 0 Å². The van der Waals surface area contributed by atoms with Crippen LogP contribution in [0.2, 0.25) is 0 Å². The Kier molecular flexibility index (Phi) is 5.04. The van der Waals surface area contributed by atoms with Crippen molar-refractivity contribution in [2.75, 3.05) is 11.9 Å². The second-order valence-electron chi connectivity index (χ2n) is 7.86. The molecule has 0 aliphatic heterocycles. The number of halogens is 2. The van der Waals surface area contributed by atoms with Crippen LogP contribution >= 0.6 is 15.9 Å². The topological polar surface area (TPSA) is 91.5 Å². The van der Waals surface area contributed by atoms with Gasteiger partial charge in [0.05, 0.1) is 23.1 Å². The highest BCUT2D eigenvalue weighted by molar-refractivity contribution is 9.10. The number of aromatic nitrogens is 3. The van der Waals surface area contributed by atoms with Gasteiger partial charge in [-0.15, -0.1) is 0 Å². The fraction of sp³-hybridized carbons (Fsp3) is 0.350. The molecule has 1 saturated carbocycles. The Labute approximate surface area is 175 Å². The van der Waals surface area contributed by atoms with Crippen molar-refractivity contribution in [2.24, 2.45) is 0 Å². The fourth-order valence-corrected chi connectivity index (χ4v) is 3.32. The van der Waals surface area contributed by atoms with E-state index in [-0.39, 0.29) is 24.1 Å². The molecule has 4 rings (SSSR count). The minimum Gasteiger partial charge on any atom is -0.389 e. The maximum atomic E-state index is 14.6. The number of hydrogen-bond acceptors (Lipinski definition) is 5. The summed E-state index contributed by atoms with van der Waals surface area (Å²) in [5.41, 5.74) is 0.899. The van der Waals surface area contributed by atoms with Gasteiger partial charge in [0.2, 0.25) is 0 Å². The van der Waals surface area contributed by atoms with Crippen molar-refractivity contribution in [3.63, 3.8) is 0 Å². The van der Waals surface area contributed by atoms with Gasteiger partial charge in [-0.1, -0.05) is 6.07 Å². The Balaban J connectivity index is 1.68. The number of anilines is 1. The molecule has 1 fully saturated rings. The van der Waals surface area contributed by atoms with Crippen molar-refractivity contribution in [2.45, 2.75) is 38.3 Å². The molecule has 0 spiro atoms. The minimum atomic E-state index is -0.920. The Bertz CT molecular complexity index is 1090. The molecule has 9 heteroatoms. The van der Waals surface area contributed by atoms with E-state index in [1.165, 1.54) is 12.1 Å². The van der Waals surface area contributed by atoms with E-state index >= 15 is 0 Å². The third-order valence-electron chi connectivity index (χ3n) is 4.57. The maximum absolute atomic E-state index is 14.6. The number of nitrogens with zero attached hydrogens (tertiary/aromatic N) is 3. The van der Waals surface area contributed by atoms with Gasteiger partial charge in [0.25, 0.3) is 5.91 Å². The standard InChI is InChI=1S/C20H21BrFN5O2/c1-20(2,29)10-24-17-18-23-8-15(27(18)9-16(21)26-17)11-3-6-13(14(22)7-11)19(28)25-12-4-5-12/h3,6-9,12,29H,4-5,10H2,1-2H3,(H,24,26)(H,25,28). The molecule has 1 amide bonds. The summed E-state index contributed by atoms with van der Waals surface area (Å²) in [7, 11) is 0. The molecule has 3 N–H and O–H groups in total. The normalized spacial score (nSPS) is 14.2. The number of amides is 1. The minimum absolute atomic E-state index is 0.0323. The highest BCUT2D eigenvalue weighted by Gasteiger charge is 2.25. The van der Waals surface area contributed by atoms with Gasteiger partial charge in [0.1, 0.15) is 10.4 Å². The summed E-state index contributed by atoms with van der Waals surface area (Å²) < 4.78 is 17.0. The Morgan fingerprint density at radius 3 is 2.83 bits per heavy atom. The molecule has 0 radical (unpaired) electrons. The second kappa shape index (κ2) is 7.38. The summed E-state index contributed by atoms with van der Waals surface area (Å²) in [6, 6.07) is 4.70. The number of aliphatic hydroxyl groups is 1. The predicted molar refractivity (Wildman–Crippen MR) is 111 cm³/mol. The first-order chi connectivity index (χ1) is 13.7. The van der Waals surface area contributed by atoms with E-state index in [1.54, 1.807) is 36.7 Å². The molecule has 29 heavy (non-hydrogen) atoms. The van der Waals surface area contributed by atoms with Crippen LogP contribution in [0.1, 0.15) is 37.0 Å². The molecule has 7 nitrogen and oxygen atoms in total. The molecule has 3 aromatic rings. The summed E-state index contributed by atoms with van der Waals surface area (Å²) in [4.78, 5) is 20.9. The zero-order valence-electron chi connectivity index (χ0n) is 16.0. The molecule has 2 aromatic heterocycles. The molecular weight excluding hydrogens is 441 g/mol. The number of carbonyl (C=O) groups excluding carboxylic acids is 1. The number of rotatable bonds is 6. The number of fused-ring (bicyclic) bond motifs is 1. The number of benzene rings is 1. The first kappa shape index (κ1) is 19.8. The quantitative estimate of drug-likeness (QED) is 0.523. The molecule has 0 unspecified atom stereocenters. The molecule has 1 aliphatic rings. The third kappa shape index (κ3) is 4.40. The SMILES string of the molecule is CC(C)(O)CNc1nc(Br)cn2c(-c3ccc(C(=O)NC4CC4)c(F)c3)cnc12. The number of hydrogen-bond donors (Lipinski definition) is 3. The lowest BCUT2D eigenvalue weighted by molar-refractivity contribution is 0.0938. The van der Waals surface area contributed by atoms with Gasteiger partial charge in [0, 0.05) is 24.3 Å². The van der Waals surface area contributed by atoms with Crippen LogP contribution in [0.3, 0.4) is 0 Å². The maximum Gasteiger partial charge on any atom is 0.254 e. The number of nitrogens with one attached hydrogen (secondary N) is 2. The van der Waals surface area contributed by atoms with E-state index in [4.69, 9.17) is 0 Å².